The first-order chi connectivity index (χ1) is 11.8. The smallest absolute Gasteiger partial charge is 0.350 e. The number of hydrogen-bond donors (Lipinski definition) is 1. The molecule has 0 aromatic heterocycles. The number of carbonyl (C=O) groups excluding carboxylic acids is 3. The lowest BCUT2D eigenvalue weighted by atomic mass is 10.1. The number of carbonyl (C=O) groups is 3. The molecule has 4 rings (SSSR count). The van der Waals surface area contributed by atoms with Gasteiger partial charge in [0.2, 0.25) is 0 Å². The number of fused-ring (bicyclic) bond motifs is 1. The molecule has 0 atom stereocenters. The highest BCUT2D eigenvalue weighted by Crippen LogP contribution is 2.35. The Labute approximate surface area is 144 Å². The summed E-state index contributed by atoms with van der Waals surface area (Å²) >= 11 is 0. The van der Waals surface area contributed by atoms with Crippen LogP contribution in [0.15, 0.2) is 30.0 Å². The van der Waals surface area contributed by atoms with Crippen molar-refractivity contribution in [3.05, 3.63) is 41.1 Å². The molecule has 1 aliphatic carbocycles. The molecule has 25 heavy (non-hydrogen) atoms. The van der Waals surface area contributed by atoms with Crippen LogP contribution in [0.2, 0.25) is 0 Å². The van der Waals surface area contributed by atoms with E-state index in [2.05, 4.69) is 5.32 Å². The number of benzene rings is 1. The van der Waals surface area contributed by atoms with Gasteiger partial charge in [0.05, 0.1) is 0 Å². The summed E-state index contributed by atoms with van der Waals surface area (Å²) in [6.45, 7) is 3.59. The van der Waals surface area contributed by atoms with Crippen molar-refractivity contribution in [1.29, 1.82) is 0 Å². The molecule has 0 bridgehead atoms. The van der Waals surface area contributed by atoms with Crippen molar-refractivity contribution >= 4 is 23.5 Å². The van der Waals surface area contributed by atoms with Gasteiger partial charge in [-0.05, 0) is 36.6 Å². The van der Waals surface area contributed by atoms with E-state index in [4.69, 9.17) is 9.47 Å². The molecule has 7 heteroatoms. The Morgan fingerprint density at radius 2 is 1.84 bits per heavy atom. The molecule has 0 spiro atoms. The fourth-order valence-electron chi connectivity index (χ4n) is 3.05. The Bertz CT molecular complexity index is 801. The third-order valence-electron chi connectivity index (χ3n) is 4.42. The number of amides is 1. The number of anilines is 1. The number of esters is 2. The third-order valence-corrected chi connectivity index (χ3v) is 4.42. The van der Waals surface area contributed by atoms with Gasteiger partial charge in [0.1, 0.15) is 0 Å². The van der Waals surface area contributed by atoms with Crippen molar-refractivity contribution in [2.24, 2.45) is 0 Å². The Kier molecular flexibility index (Phi) is 3.35. The van der Waals surface area contributed by atoms with Crippen LogP contribution in [0, 0.1) is 0 Å². The molecule has 0 unspecified atom stereocenters. The largest absolute Gasteiger partial charge is 0.419 e. The lowest BCUT2D eigenvalue weighted by Crippen LogP contribution is -2.42. The van der Waals surface area contributed by atoms with Gasteiger partial charge >= 0.3 is 11.9 Å². The molecule has 1 aromatic carbocycles. The van der Waals surface area contributed by atoms with Crippen molar-refractivity contribution in [2.75, 3.05) is 5.32 Å². The zero-order chi connectivity index (χ0) is 17.8. The number of hydrogen-bond acceptors (Lipinski definition) is 6. The SMILES string of the molecule is CC1(C)OC(=O)C(=CNc2ccc3c(c2)CN(C2CC2)C3=O)C(=O)O1. The van der Waals surface area contributed by atoms with Crippen LogP contribution in [0.1, 0.15) is 42.6 Å². The minimum absolute atomic E-state index is 0.0732. The minimum atomic E-state index is -1.26. The third kappa shape index (κ3) is 2.86. The van der Waals surface area contributed by atoms with E-state index in [1.54, 1.807) is 12.1 Å². The quantitative estimate of drug-likeness (QED) is 0.513. The minimum Gasteiger partial charge on any atom is -0.419 e. The molecular formula is C18H18N2O5. The van der Waals surface area contributed by atoms with Gasteiger partial charge in [-0.15, -0.1) is 0 Å². The zero-order valence-electron chi connectivity index (χ0n) is 14.0. The highest BCUT2D eigenvalue weighted by Gasteiger charge is 2.39. The summed E-state index contributed by atoms with van der Waals surface area (Å²) in [5.74, 6) is -2.65. The molecule has 3 aliphatic rings. The predicted molar refractivity (Wildman–Crippen MR) is 87.3 cm³/mol. The highest BCUT2D eigenvalue weighted by molar-refractivity contribution is 6.15. The molecule has 2 fully saturated rings. The molecule has 1 aromatic rings. The van der Waals surface area contributed by atoms with E-state index in [0.717, 1.165) is 18.4 Å². The number of rotatable bonds is 3. The molecule has 1 N–H and O–H groups in total. The van der Waals surface area contributed by atoms with Crippen LogP contribution in [0.3, 0.4) is 0 Å². The summed E-state index contributed by atoms with van der Waals surface area (Å²) in [5.41, 5.74) is 2.14. The van der Waals surface area contributed by atoms with Crippen LogP contribution in [0.5, 0.6) is 0 Å². The van der Waals surface area contributed by atoms with E-state index < -0.39 is 17.7 Å². The fraction of sp³-hybridized carbons (Fsp3) is 0.389. The number of cyclic esters (lactones) is 2. The fourth-order valence-corrected chi connectivity index (χ4v) is 3.05. The van der Waals surface area contributed by atoms with Crippen LogP contribution in [-0.4, -0.2) is 34.6 Å². The molecule has 0 radical (unpaired) electrons. The van der Waals surface area contributed by atoms with Gasteiger partial charge in [-0.25, -0.2) is 9.59 Å². The Morgan fingerprint density at radius 1 is 1.16 bits per heavy atom. The monoisotopic (exact) mass is 342 g/mol. The van der Waals surface area contributed by atoms with Gasteiger partial charge in [0.25, 0.3) is 11.7 Å². The number of nitrogens with one attached hydrogen (secondary N) is 1. The van der Waals surface area contributed by atoms with Gasteiger partial charge in [-0.3, -0.25) is 4.79 Å². The van der Waals surface area contributed by atoms with Crippen LogP contribution in [0.25, 0.3) is 0 Å². The topological polar surface area (TPSA) is 84.9 Å². The summed E-state index contributed by atoms with van der Waals surface area (Å²) < 4.78 is 10.1. The van der Waals surface area contributed by atoms with E-state index in [0.29, 0.717) is 23.8 Å². The van der Waals surface area contributed by atoms with Crippen molar-refractivity contribution in [2.45, 2.75) is 45.1 Å². The molecule has 2 heterocycles. The van der Waals surface area contributed by atoms with Crippen molar-refractivity contribution in [3.8, 4) is 0 Å². The predicted octanol–water partition coefficient (Wildman–Crippen LogP) is 1.94. The summed E-state index contributed by atoms with van der Waals surface area (Å²) in [6.07, 6.45) is 3.41. The van der Waals surface area contributed by atoms with E-state index >= 15 is 0 Å². The molecule has 7 nitrogen and oxygen atoms in total. The van der Waals surface area contributed by atoms with Gasteiger partial charge < -0.3 is 19.7 Å². The summed E-state index contributed by atoms with van der Waals surface area (Å²) in [4.78, 5) is 38.0. The average molecular weight is 342 g/mol. The second kappa shape index (κ2) is 5.34. The number of nitrogens with zero attached hydrogens (tertiary/aromatic N) is 1. The lowest BCUT2D eigenvalue weighted by molar-refractivity contribution is -0.222. The average Bonchev–Trinajstić information content (AvgIpc) is 3.30. The first kappa shape index (κ1) is 15.7. The Morgan fingerprint density at radius 3 is 2.48 bits per heavy atom. The summed E-state index contributed by atoms with van der Waals surface area (Å²) in [7, 11) is 0. The van der Waals surface area contributed by atoms with Crippen LogP contribution in [0.4, 0.5) is 5.69 Å². The normalized spacial score (nSPS) is 21.6. The summed E-state index contributed by atoms with van der Waals surface area (Å²) in [6, 6.07) is 5.74. The summed E-state index contributed by atoms with van der Waals surface area (Å²) in [5, 5.41) is 2.91. The first-order valence-electron chi connectivity index (χ1n) is 8.21. The maximum Gasteiger partial charge on any atom is 0.350 e. The van der Waals surface area contributed by atoms with Gasteiger partial charge in [-0.1, -0.05) is 0 Å². The van der Waals surface area contributed by atoms with E-state index in [1.807, 2.05) is 11.0 Å². The van der Waals surface area contributed by atoms with Crippen molar-refractivity contribution in [3.63, 3.8) is 0 Å². The maximum absolute atomic E-state index is 12.3. The van der Waals surface area contributed by atoms with Gasteiger partial charge in [0.15, 0.2) is 5.57 Å². The highest BCUT2D eigenvalue weighted by atomic mass is 16.7. The zero-order valence-corrected chi connectivity index (χ0v) is 14.0. The lowest BCUT2D eigenvalue weighted by Gasteiger charge is -2.29. The van der Waals surface area contributed by atoms with Crippen LogP contribution < -0.4 is 5.32 Å². The van der Waals surface area contributed by atoms with Gasteiger partial charge in [-0.2, -0.15) is 0 Å². The molecular weight excluding hydrogens is 324 g/mol. The van der Waals surface area contributed by atoms with E-state index in [9.17, 15) is 14.4 Å². The molecule has 2 aliphatic heterocycles. The van der Waals surface area contributed by atoms with Crippen molar-refractivity contribution < 1.29 is 23.9 Å². The standard InChI is InChI=1S/C18H18N2O5/c1-18(2)24-16(22)14(17(23)25-18)8-19-11-3-6-13-10(7-11)9-20(15(13)21)12-4-5-12/h3,6-8,12,19H,4-5,9H2,1-2H3. The van der Waals surface area contributed by atoms with E-state index in [1.165, 1.54) is 20.0 Å². The van der Waals surface area contributed by atoms with Crippen LogP contribution in [-0.2, 0) is 25.6 Å². The van der Waals surface area contributed by atoms with Gasteiger partial charge in [0, 0.05) is 43.9 Å². The molecule has 1 amide bonds. The molecule has 1 saturated carbocycles. The van der Waals surface area contributed by atoms with E-state index in [-0.39, 0.29) is 11.5 Å². The van der Waals surface area contributed by atoms with Crippen LogP contribution >= 0.6 is 0 Å². The molecule has 130 valence electrons. The Balaban J connectivity index is 1.51. The second-order valence-electron chi connectivity index (χ2n) is 6.92. The maximum atomic E-state index is 12.3. The second-order valence-corrected chi connectivity index (χ2v) is 6.92. The Hall–Kier alpha value is -2.83. The first-order valence-corrected chi connectivity index (χ1v) is 8.21. The van der Waals surface area contributed by atoms with Crippen molar-refractivity contribution in [1.82, 2.24) is 4.90 Å². The molecule has 1 saturated heterocycles. The number of ether oxygens (including phenoxy) is 2.